The lowest BCUT2D eigenvalue weighted by molar-refractivity contribution is 0.156. The summed E-state index contributed by atoms with van der Waals surface area (Å²) < 4.78 is 0. The van der Waals surface area contributed by atoms with Crippen LogP contribution in [0.3, 0.4) is 0 Å². The lowest BCUT2D eigenvalue weighted by atomic mass is 10.0. The summed E-state index contributed by atoms with van der Waals surface area (Å²) in [7, 11) is 2.21. The zero-order chi connectivity index (χ0) is 10.4. The van der Waals surface area contributed by atoms with Crippen LogP contribution >= 0.6 is 0 Å². The molecule has 0 saturated carbocycles. The molecule has 2 atom stereocenters. The first kappa shape index (κ1) is 12.9. The largest absolute Gasteiger partial charge is 0.315 e. The van der Waals surface area contributed by atoms with Crippen molar-refractivity contribution in [2.24, 2.45) is 5.92 Å². The van der Waals surface area contributed by atoms with E-state index in [1.807, 2.05) is 0 Å². The smallest absolute Gasteiger partial charge is 0.0192 e. The highest BCUT2D eigenvalue weighted by Gasteiger charge is 2.17. The van der Waals surface area contributed by atoms with Gasteiger partial charge in [-0.25, -0.2) is 0 Å². The molecule has 0 fully saturated rings. The number of rotatable bonds is 6. The van der Waals surface area contributed by atoms with Crippen LogP contribution in [-0.4, -0.2) is 37.1 Å². The molecule has 2 heteroatoms. The maximum atomic E-state index is 3.38. The van der Waals surface area contributed by atoms with E-state index in [0.29, 0.717) is 12.1 Å². The Morgan fingerprint density at radius 1 is 1.15 bits per heavy atom. The van der Waals surface area contributed by atoms with Crippen molar-refractivity contribution in [1.82, 2.24) is 10.2 Å². The third-order valence-corrected chi connectivity index (χ3v) is 2.99. The van der Waals surface area contributed by atoms with E-state index in [1.165, 1.54) is 0 Å². The van der Waals surface area contributed by atoms with Gasteiger partial charge in [0.2, 0.25) is 0 Å². The second kappa shape index (κ2) is 6.39. The highest BCUT2D eigenvalue weighted by Crippen LogP contribution is 2.10. The summed E-state index contributed by atoms with van der Waals surface area (Å²) in [5.74, 6) is 0.731. The SMILES string of the molecule is CCNCC(C)N(C)C(C)C(C)C. The van der Waals surface area contributed by atoms with E-state index in [-0.39, 0.29) is 0 Å². The fourth-order valence-electron chi connectivity index (χ4n) is 1.37. The topological polar surface area (TPSA) is 15.3 Å². The average Bonchev–Trinajstić information content (AvgIpc) is 2.11. The van der Waals surface area contributed by atoms with Gasteiger partial charge >= 0.3 is 0 Å². The van der Waals surface area contributed by atoms with Crippen LogP contribution in [0.2, 0.25) is 0 Å². The lowest BCUT2D eigenvalue weighted by Gasteiger charge is -2.33. The van der Waals surface area contributed by atoms with E-state index in [2.05, 4.69) is 51.9 Å². The van der Waals surface area contributed by atoms with Gasteiger partial charge in [0.1, 0.15) is 0 Å². The van der Waals surface area contributed by atoms with Crippen LogP contribution in [0.25, 0.3) is 0 Å². The summed E-state index contributed by atoms with van der Waals surface area (Å²) in [5.41, 5.74) is 0. The first-order valence-electron chi connectivity index (χ1n) is 5.43. The summed E-state index contributed by atoms with van der Waals surface area (Å²) in [6.45, 7) is 13.4. The van der Waals surface area contributed by atoms with Crippen molar-refractivity contribution in [3.8, 4) is 0 Å². The minimum Gasteiger partial charge on any atom is -0.315 e. The number of hydrogen-bond acceptors (Lipinski definition) is 2. The molecule has 0 saturated heterocycles. The van der Waals surface area contributed by atoms with Crippen LogP contribution in [0.5, 0.6) is 0 Å². The van der Waals surface area contributed by atoms with Gasteiger partial charge in [-0.1, -0.05) is 20.8 Å². The molecule has 0 bridgehead atoms. The zero-order valence-electron chi connectivity index (χ0n) is 10.1. The molecule has 0 aromatic heterocycles. The fourth-order valence-corrected chi connectivity index (χ4v) is 1.37. The molecule has 0 rings (SSSR count). The maximum Gasteiger partial charge on any atom is 0.0192 e. The van der Waals surface area contributed by atoms with E-state index in [1.54, 1.807) is 0 Å². The predicted octanol–water partition coefficient (Wildman–Crippen LogP) is 1.96. The van der Waals surface area contributed by atoms with Gasteiger partial charge in [0.15, 0.2) is 0 Å². The maximum absolute atomic E-state index is 3.38. The van der Waals surface area contributed by atoms with Crippen molar-refractivity contribution >= 4 is 0 Å². The predicted molar refractivity (Wildman–Crippen MR) is 60.1 cm³/mol. The van der Waals surface area contributed by atoms with Gasteiger partial charge in [-0.2, -0.15) is 0 Å². The van der Waals surface area contributed by atoms with Gasteiger partial charge in [0.05, 0.1) is 0 Å². The number of nitrogens with zero attached hydrogens (tertiary/aromatic N) is 1. The summed E-state index contributed by atoms with van der Waals surface area (Å²) in [6, 6.07) is 1.28. The Labute approximate surface area is 83.7 Å². The van der Waals surface area contributed by atoms with Crippen molar-refractivity contribution in [2.45, 2.75) is 46.7 Å². The zero-order valence-corrected chi connectivity index (χ0v) is 10.1. The third kappa shape index (κ3) is 4.63. The lowest BCUT2D eigenvalue weighted by Crippen LogP contribution is -2.44. The first-order chi connectivity index (χ1) is 6.00. The van der Waals surface area contributed by atoms with E-state index >= 15 is 0 Å². The van der Waals surface area contributed by atoms with Gasteiger partial charge in [0, 0.05) is 18.6 Å². The third-order valence-electron chi connectivity index (χ3n) is 2.99. The molecule has 0 aromatic rings. The van der Waals surface area contributed by atoms with Gasteiger partial charge in [-0.05, 0) is 33.4 Å². The quantitative estimate of drug-likeness (QED) is 0.682. The van der Waals surface area contributed by atoms with Gasteiger partial charge < -0.3 is 5.32 Å². The van der Waals surface area contributed by atoms with Crippen LogP contribution in [0.4, 0.5) is 0 Å². The van der Waals surface area contributed by atoms with E-state index < -0.39 is 0 Å². The van der Waals surface area contributed by atoms with Crippen molar-refractivity contribution < 1.29 is 0 Å². The van der Waals surface area contributed by atoms with E-state index in [4.69, 9.17) is 0 Å². The summed E-state index contributed by atoms with van der Waals surface area (Å²) in [4.78, 5) is 2.45. The molecule has 0 aromatic carbocycles. The Hall–Kier alpha value is -0.0800. The highest BCUT2D eigenvalue weighted by molar-refractivity contribution is 4.73. The average molecular weight is 186 g/mol. The molecule has 0 radical (unpaired) electrons. The summed E-state index contributed by atoms with van der Waals surface area (Å²) >= 11 is 0. The molecule has 13 heavy (non-hydrogen) atoms. The second-order valence-corrected chi connectivity index (χ2v) is 4.31. The standard InChI is InChI=1S/C11H26N2/c1-7-12-8-10(4)13(6)11(5)9(2)3/h9-12H,7-8H2,1-6H3. The number of hydrogen-bond donors (Lipinski definition) is 1. The molecule has 0 heterocycles. The van der Waals surface area contributed by atoms with Gasteiger partial charge in [-0.3, -0.25) is 4.90 Å². The number of nitrogens with one attached hydrogen (secondary N) is 1. The van der Waals surface area contributed by atoms with Crippen molar-refractivity contribution in [1.29, 1.82) is 0 Å². The van der Waals surface area contributed by atoms with Crippen molar-refractivity contribution in [3.63, 3.8) is 0 Å². The molecule has 80 valence electrons. The molecule has 0 aliphatic carbocycles. The van der Waals surface area contributed by atoms with Crippen LogP contribution in [0, 0.1) is 5.92 Å². The van der Waals surface area contributed by atoms with Gasteiger partial charge in [-0.15, -0.1) is 0 Å². The molecule has 0 aliphatic rings. The first-order valence-corrected chi connectivity index (χ1v) is 5.43. The Kier molecular flexibility index (Phi) is 6.35. The van der Waals surface area contributed by atoms with Gasteiger partial charge in [0.25, 0.3) is 0 Å². The van der Waals surface area contributed by atoms with E-state index in [0.717, 1.165) is 19.0 Å². The molecular weight excluding hydrogens is 160 g/mol. The molecule has 0 spiro atoms. The normalized spacial score (nSPS) is 16.6. The molecule has 2 unspecified atom stereocenters. The Balaban J connectivity index is 3.86. The summed E-state index contributed by atoms with van der Waals surface area (Å²) in [5, 5.41) is 3.38. The fraction of sp³-hybridized carbons (Fsp3) is 1.00. The molecular formula is C11H26N2. The van der Waals surface area contributed by atoms with Crippen LogP contribution in [0.15, 0.2) is 0 Å². The molecule has 2 nitrogen and oxygen atoms in total. The molecule has 1 N–H and O–H groups in total. The highest BCUT2D eigenvalue weighted by atomic mass is 15.2. The molecule has 0 amide bonds. The second-order valence-electron chi connectivity index (χ2n) is 4.31. The van der Waals surface area contributed by atoms with Crippen molar-refractivity contribution in [2.75, 3.05) is 20.1 Å². The minimum atomic E-state index is 0.623. The van der Waals surface area contributed by atoms with Crippen LogP contribution < -0.4 is 5.32 Å². The van der Waals surface area contributed by atoms with Crippen molar-refractivity contribution in [3.05, 3.63) is 0 Å². The number of likely N-dealkylation sites (N-methyl/N-ethyl adjacent to an activating group) is 2. The van der Waals surface area contributed by atoms with Crippen LogP contribution in [0.1, 0.15) is 34.6 Å². The minimum absolute atomic E-state index is 0.623. The summed E-state index contributed by atoms with van der Waals surface area (Å²) in [6.07, 6.45) is 0. The molecule has 0 aliphatic heterocycles. The Bertz CT molecular complexity index is 123. The monoisotopic (exact) mass is 186 g/mol. The van der Waals surface area contributed by atoms with Crippen LogP contribution in [-0.2, 0) is 0 Å². The van der Waals surface area contributed by atoms with E-state index in [9.17, 15) is 0 Å². The Morgan fingerprint density at radius 3 is 2.08 bits per heavy atom. The Morgan fingerprint density at radius 2 is 1.69 bits per heavy atom.